The van der Waals surface area contributed by atoms with Crippen molar-refractivity contribution in [3.63, 3.8) is 0 Å². The number of rotatable bonds is 3. The summed E-state index contributed by atoms with van der Waals surface area (Å²) in [5, 5.41) is 3.28. The Morgan fingerprint density at radius 3 is 1.81 bits per heavy atom. The molecule has 0 bridgehead atoms. The summed E-state index contributed by atoms with van der Waals surface area (Å²) in [6.07, 6.45) is 9.49. The third kappa shape index (κ3) is 8.62. The van der Waals surface area contributed by atoms with Crippen molar-refractivity contribution in [2.75, 3.05) is 31.1 Å². The fraction of sp³-hybridized carbons (Fsp3) is 0.462. The van der Waals surface area contributed by atoms with Gasteiger partial charge in [0.05, 0.1) is 5.56 Å². The average Bonchev–Trinajstić information content (AvgIpc) is 2.82. The number of hydrogen-bond donors (Lipinski definition) is 1. The Morgan fingerprint density at radius 2 is 1.32 bits per heavy atom. The number of nitrogens with one attached hydrogen (secondary N) is 1. The molecule has 4 nitrogen and oxygen atoms in total. The van der Waals surface area contributed by atoms with Crippen molar-refractivity contribution in [1.29, 1.82) is 0 Å². The molecule has 2 saturated heterocycles. The monoisotopic (exact) mass is 426 g/mol. The molecule has 2 fully saturated rings. The van der Waals surface area contributed by atoms with E-state index < -0.39 is 5.82 Å². The summed E-state index contributed by atoms with van der Waals surface area (Å²) in [4.78, 5) is 23.4. The smallest absolute Gasteiger partial charge is 0.152 e. The third-order valence-electron chi connectivity index (χ3n) is 5.50. The first-order valence-corrected chi connectivity index (χ1v) is 11.3. The predicted octanol–water partition coefficient (Wildman–Crippen LogP) is 5.50. The van der Waals surface area contributed by atoms with E-state index >= 15 is 0 Å². The minimum absolute atomic E-state index is 0.116. The maximum atomic E-state index is 12.6. The highest BCUT2D eigenvalue weighted by atomic mass is 19.1. The molecule has 0 radical (unpaired) electrons. The Kier molecular flexibility index (Phi) is 10.9. The zero-order chi connectivity index (χ0) is 22.5. The second-order valence-electron chi connectivity index (χ2n) is 8.18. The molecule has 2 aliphatic heterocycles. The molecule has 31 heavy (non-hydrogen) atoms. The molecule has 0 unspecified atom stereocenters. The van der Waals surface area contributed by atoms with Gasteiger partial charge in [-0.1, -0.05) is 18.6 Å². The molecule has 5 heteroatoms. The van der Waals surface area contributed by atoms with Crippen LogP contribution in [0.2, 0.25) is 0 Å². The van der Waals surface area contributed by atoms with Crippen molar-refractivity contribution < 1.29 is 14.0 Å². The number of aldehydes is 2. The van der Waals surface area contributed by atoms with Crippen LogP contribution in [-0.2, 0) is 0 Å². The fourth-order valence-electron chi connectivity index (χ4n) is 3.69. The van der Waals surface area contributed by atoms with Crippen molar-refractivity contribution in [2.45, 2.75) is 52.4 Å². The second-order valence-corrected chi connectivity index (χ2v) is 8.18. The Bertz CT molecular complexity index is 817. The van der Waals surface area contributed by atoms with E-state index in [2.05, 4.69) is 23.2 Å². The number of halogens is 1. The van der Waals surface area contributed by atoms with Crippen molar-refractivity contribution >= 4 is 18.3 Å². The van der Waals surface area contributed by atoms with Gasteiger partial charge in [0.1, 0.15) is 5.82 Å². The summed E-state index contributed by atoms with van der Waals surface area (Å²) in [7, 11) is 0. The van der Waals surface area contributed by atoms with Crippen molar-refractivity contribution in [1.82, 2.24) is 5.32 Å². The second kappa shape index (κ2) is 13.7. The number of benzene rings is 2. The molecule has 0 atom stereocenters. The van der Waals surface area contributed by atoms with Gasteiger partial charge in [0.15, 0.2) is 12.6 Å². The van der Waals surface area contributed by atoms with Crippen LogP contribution in [0, 0.1) is 19.7 Å². The lowest BCUT2D eigenvalue weighted by Gasteiger charge is -2.30. The molecule has 4 rings (SSSR count). The Labute approximate surface area is 185 Å². The van der Waals surface area contributed by atoms with E-state index in [1.807, 2.05) is 12.1 Å². The van der Waals surface area contributed by atoms with Crippen LogP contribution in [0.4, 0.5) is 10.1 Å². The van der Waals surface area contributed by atoms with E-state index in [4.69, 9.17) is 0 Å². The van der Waals surface area contributed by atoms with E-state index in [1.165, 1.54) is 69.3 Å². The zero-order valence-corrected chi connectivity index (χ0v) is 18.8. The van der Waals surface area contributed by atoms with E-state index in [-0.39, 0.29) is 5.56 Å². The van der Waals surface area contributed by atoms with Gasteiger partial charge in [0.2, 0.25) is 0 Å². The number of hydrogen-bond acceptors (Lipinski definition) is 4. The molecule has 0 saturated carbocycles. The number of piperidine rings is 2. The molecule has 0 spiro atoms. The van der Waals surface area contributed by atoms with Gasteiger partial charge in [0, 0.05) is 24.3 Å². The predicted molar refractivity (Wildman–Crippen MR) is 126 cm³/mol. The molecule has 168 valence electrons. The Morgan fingerprint density at radius 1 is 0.774 bits per heavy atom. The minimum atomic E-state index is -0.449. The maximum absolute atomic E-state index is 12.6. The molecule has 2 aliphatic rings. The number of nitrogens with zero attached hydrogens (tertiary/aromatic N) is 1. The highest BCUT2D eigenvalue weighted by Crippen LogP contribution is 2.24. The minimum Gasteiger partial charge on any atom is -0.371 e. The third-order valence-corrected chi connectivity index (χ3v) is 5.50. The van der Waals surface area contributed by atoms with Crippen LogP contribution < -0.4 is 10.2 Å². The molecule has 2 heterocycles. The average molecular weight is 427 g/mol. The van der Waals surface area contributed by atoms with Gasteiger partial charge in [-0.2, -0.15) is 0 Å². The summed E-state index contributed by atoms with van der Waals surface area (Å²) in [5.41, 5.74) is 4.10. The number of carbonyl (C=O) groups is 2. The van der Waals surface area contributed by atoms with Crippen LogP contribution in [-0.4, -0.2) is 38.8 Å². The lowest BCUT2D eigenvalue weighted by Crippen LogP contribution is -2.30. The first-order chi connectivity index (χ1) is 15.0. The Hall–Kier alpha value is -2.53. The van der Waals surface area contributed by atoms with Crippen molar-refractivity contribution in [3.8, 4) is 0 Å². The summed E-state index contributed by atoms with van der Waals surface area (Å²) in [6, 6.07) is 10.5. The Balaban J connectivity index is 0.000000183. The van der Waals surface area contributed by atoms with Crippen LogP contribution in [0.1, 0.15) is 70.4 Å². The molecule has 0 aliphatic carbocycles. The molecule has 2 aromatic rings. The summed E-state index contributed by atoms with van der Waals surface area (Å²) >= 11 is 0. The molecule has 0 aromatic heterocycles. The lowest BCUT2D eigenvalue weighted by atomic mass is 10.1. The van der Waals surface area contributed by atoms with Crippen molar-refractivity contribution in [3.05, 3.63) is 64.5 Å². The van der Waals surface area contributed by atoms with E-state index in [0.29, 0.717) is 6.29 Å². The van der Waals surface area contributed by atoms with E-state index in [9.17, 15) is 14.0 Å². The zero-order valence-electron chi connectivity index (χ0n) is 18.8. The van der Waals surface area contributed by atoms with Gasteiger partial charge in [0.25, 0.3) is 0 Å². The van der Waals surface area contributed by atoms with Gasteiger partial charge < -0.3 is 10.2 Å². The first kappa shape index (κ1) is 24.7. The van der Waals surface area contributed by atoms with Gasteiger partial charge in [-0.3, -0.25) is 9.59 Å². The summed E-state index contributed by atoms with van der Waals surface area (Å²) in [6.45, 7) is 8.52. The SMILES string of the molecule is C1CCNCC1.Cc1ccc(C=O)c(F)c1.Cc1ccc(C=O)c(N2CCCCC2)c1. The molecule has 2 aromatic carbocycles. The number of aryl methyl sites for hydroxylation is 2. The molecular formula is C26H35FN2O2. The molecular weight excluding hydrogens is 391 g/mol. The highest BCUT2D eigenvalue weighted by molar-refractivity contribution is 5.85. The van der Waals surface area contributed by atoms with Crippen LogP contribution in [0.25, 0.3) is 0 Å². The van der Waals surface area contributed by atoms with Gasteiger partial charge in [-0.05, 0) is 94.4 Å². The van der Waals surface area contributed by atoms with Crippen LogP contribution in [0.15, 0.2) is 36.4 Å². The molecule has 0 amide bonds. The normalized spacial score (nSPS) is 15.6. The number of anilines is 1. The van der Waals surface area contributed by atoms with Crippen molar-refractivity contribution in [2.24, 2.45) is 0 Å². The summed E-state index contributed by atoms with van der Waals surface area (Å²) < 4.78 is 12.6. The topological polar surface area (TPSA) is 49.4 Å². The largest absolute Gasteiger partial charge is 0.371 e. The van der Waals surface area contributed by atoms with Crippen LogP contribution >= 0.6 is 0 Å². The van der Waals surface area contributed by atoms with E-state index in [0.717, 1.165) is 36.2 Å². The summed E-state index contributed by atoms with van der Waals surface area (Å²) in [5.74, 6) is -0.449. The molecule has 1 N–H and O–H groups in total. The first-order valence-electron chi connectivity index (χ1n) is 11.3. The quantitative estimate of drug-likeness (QED) is 0.658. The van der Waals surface area contributed by atoms with Crippen LogP contribution in [0.3, 0.4) is 0 Å². The fourth-order valence-corrected chi connectivity index (χ4v) is 3.69. The van der Waals surface area contributed by atoms with Gasteiger partial charge in [-0.15, -0.1) is 0 Å². The maximum Gasteiger partial charge on any atom is 0.152 e. The standard InChI is InChI=1S/C13H17NO.C8H7FO.C5H11N/c1-11-5-6-12(10-15)13(9-11)14-7-3-2-4-8-14;1-6-2-3-7(5-10)8(9)4-6;1-2-4-6-5-3-1/h5-6,9-10H,2-4,7-8H2,1H3;2-5H,1H3;6H,1-5H2. The van der Waals surface area contributed by atoms with Gasteiger partial charge >= 0.3 is 0 Å². The number of carbonyl (C=O) groups excluding carboxylic acids is 2. The van der Waals surface area contributed by atoms with Gasteiger partial charge in [-0.25, -0.2) is 4.39 Å². The highest BCUT2D eigenvalue weighted by Gasteiger charge is 2.14. The lowest BCUT2D eigenvalue weighted by molar-refractivity contribution is 0.111. The van der Waals surface area contributed by atoms with Crippen LogP contribution in [0.5, 0.6) is 0 Å². The van der Waals surface area contributed by atoms with E-state index in [1.54, 1.807) is 13.0 Å².